The van der Waals surface area contributed by atoms with Crippen molar-refractivity contribution >= 4 is 23.6 Å². The number of hydrogen-bond acceptors (Lipinski definition) is 4. The average Bonchev–Trinajstić information content (AvgIpc) is 2.94. The maximum Gasteiger partial charge on any atom is 0.313 e. The van der Waals surface area contributed by atoms with E-state index < -0.39 is 5.97 Å². The smallest absolute Gasteiger partial charge is 0.313 e. The van der Waals surface area contributed by atoms with Crippen LogP contribution < -0.4 is 5.32 Å². The Morgan fingerprint density at radius 1 is 1.32 bits per heavy atom. The SMILES string of the molecule is O=C(O)CSCC(=O)NC[C@@H]1CCO[C@H]1c1ccc(F)cc1. The second kappa shape index (κ2) is 8.14. The number of benzene rings is 1. The Morgan fingerprint density at radius 2 is 2.05 bits per heavy atom. The molecule has 0 aromatic heterocycles. The Kier molecular flexibility index (Phi) is 6.21. The quantitative estimate of drug-likeness (QED) is 0.799. The number of halogens is 1. The molecule has 120 valence electrons. The van der Waals surface area contributed by atoms with E-state index in [2.05, 4.69) is 5.32 Å². The van der Waals surface area contributed by atoms with Crippen molar-refractivity contribution in [3.63, 3.8) is 0 Å². The first-order chi connectivity index (χ1) is 10.6. The number of carbonyl (C=O) groups is 2. The molecule has 1 amide bonds. The molecule has 2 N–H and O–H groups in total. The summed E-state index contributed by atoms with van der Waals surface area (Å²) >= 11 is 1.07. The van der Waals surface area contributed by atoms with Gasteiger partial charge in [0, 0.05) is 19.1 Å². The minimum atomic E-state index is -0.932. The number of carboxylic acid groups (broad SMARTS) is 1. The molecule has 1 fully saturated rings. The number of carboxylic acids is 1. The van der Waals surface area contributed by atoms with E-state index in [1.165, 1.54) is 12.1 Å². The Hall–Kier alpha value is -1.60. The minimum absolute atomic E-state index is 0.0852. The number of thioether (sulfide) groups is 1. The van der Waals surface area contributed by atoms with Gasteiger partial charge < -0.3 is 15.2 Å². The summed E-state index contributed by atoms with van der Waals surface area (Å²) in [5, 5.41) is 11.3. The number of hydrogen-bond donors (Lipinski definition) is 2. The molecule has 0 unspecified atom stereocenters. The molecular formula is C15H18FNO4S. The zero-order valence-corrected chi connectivity index (χ0v) is 12.8. The van der Waals surface area contributed by atoms with Gasteiger partial charge in [-0.3, -0.25) is 9.59 Å². The van der Waals surface area contributed by atoms with Gasteiger partial charge in [0.15, 0.2) is 0 Å². The molecule has 7 heteroatoms. The van der Waals surface area contributed by atoms with E-state index in [1.807, 2.05) is 0 Å². The standard InChI is InChI=1S/C15H18FNO4S/c16-12-3-1-10(2-4-12)15-11(5-6-21-15)7-17-13(18)8-22-9-14(19)20/h1-4,11,15H,5-9H2,(H,17,18)(H,19,20)/t11-,15-/m0/s1. The lowest BCUT2D eigenvalue weighted by Crippen LogP contribution is -2.32. The monoisotopic (exact) mass is 327 g/mol. The van der Waals surface area contributed by atoms with Crippen molar-refractivity contribution < 1.29 is 23.8 Å². The summed E-state index contributed by atoms with van der Waals surface area (Å²) in [4.78, 5) is 22.0. The Bertz CT molecular complexity index is 523. The van der Waals surface area contributed by atoms with Gasteiger partial charge in [-0.25, -0.2) is 4.39 Å². The third-order valence-electron chi connectivity index (χ3n) is 3.43. The molecule has 1 heterocycles. The number of rotatable bonds is 7. The minimum Gasteiger partial charge on any atom is -0.481 e. The Labute approximate surface area is 132 Å². The van der Waals surface area contributed by atoms with Crippen molar-refractivity contribution in [3.8, 4) is 0 Å². The van der Waals surface area contributed by atoms with E-state index in [9.17, 15) is 14.0 Å². The van der Waals surface area contributed by atoms with Gasteiger partial charge in [-0.1, -0.05) is 12.1 Å². The Morgan fingerprint density at radius 3 is 2.73 bits per heavy atom. The van der Waals surface area contributed by atoms with E-state index in [-0.39, 0.29) is 35.3 Å². The van der Waals surface area contributed by atoms with E-state index in [1.54, 1.807) is 12.1 Å². The molecule has 0 saturated carbocycles. The maximum absolute atomic E-state index is 13.0. The van der Waals surface area contributed by atoms with Crippen LogP contribution in [-0.2, 0) is 14.3 Å². The van der Waals surface area contributed by atoms with Crippen LogP contribution in [0.5, 0.6) is 0 Å². The summed E-state index contributed by atoms with van der Waals surface area (Å²) < 4.78 is 18.6. The highest BCUT2D eigenvalue weighted by Gasteiger charge is 2.29. The predicted molar refractivity (Wildman–Crippen MR) is 81.2 cm³/mol. The van der Waals surface area contributed by atoms with Gasteiger partial charge in [0.25, 0.3) is 0 Å². The molecule has 0 spiro atoms. The lowest BCUT2D eigenvalue weighted by molar-refractivity contribution is -0.133. The molecule has 22 heavy (non-hydrogen) atoms. The van der Waals surface area contributed by atoms with Crippen LogP contribution in [0.1, 0.15) is 18.1 Å². The average molecular weight is 327 g/mol. The molecule has 2 rings (SSSR count). The molecule has 1 saturated heterocycles. The van der Waals surface area contributed by atoms with Gasteiger partial charge in [0.1, 0.15) is 5.82 Å². The summed E-state index contributed by atoms with van der Waals surface area (Å²) in [6.45, 7) is 1.07. The molecule has 0 radical (unpaired) electrons. The number of amides is 1. The highest BCUT2D eigenvalue weighted by molar-refractivity contribution is 8.00. The summed E-state index contributed by atoms with van der Waals surface area (Å²) in [5.74, 6) is -1.23. The van der Waals surface area contributed by atoms with Crippen LogP contribution in [0.25, 0.3) is 0 Å². The van der Waals surface area contributed by atoms with Gasteiger partial charge in [-0.15, -0.1) is 11.8 Å². The summed E-state index contributed by atoms with van der Waals surface area (Å²) in [7, 11) is 0. The highest BCUT2D eigenvalue weighted by Crippen LogP contribution is 2.34. The predicted octanol–water partition coefficient (Wildman–Crippen LogP) is 1.84. The second-order valence-corrected chi connectivity index (χ2v) is 6.07. The number of carbonyl (C=O) groups excluding carboxylic acids is 1. The van der Waals surface area contributed by atoms with Crippen LogP contribution in [0.4, 0.5) is 4.39 Å². The lowest BCUT2D eigenvalue weighted by Gasteiger charge is -2.19. The zero-order chi connectivity index (χ0) is 15.9. The highest BCUT2D eigenvalue weighted by atomic mass is 32.2. The molecular weight excluding hydrogens is 309 g/mol. The first-order valence-electron chi connectivity index (χ1n) is 6.99. The fourth-order valence-corrected chi connectivity index (χ4v) is 2.95. The van der Waals surface area contributed by atoms with Crippen LogP contribution in [0.2, 0.25) is 0 Å². The largest absolute Gasteiger partial charge is 0.481 e. The molecule has 0 aliphatic carbocycles. The fourth-order valence-electron chi connectivity index (χ4n) is 2.39. The third kappa shape index (κ3) is 4.99. The van der Waals surface area contributed by atoms with Crippen LogP contribution in [0, 0.1) is 11.7 Å². The lowest BCUT2D eigenvalue weighted by atomic mass is 9.95. The van der Waals surface area contributed by atoms with Gasteiger partial charge in [0.05, 0.1) is 17.6 Å². The van der Waals surface area contributed by atoms with Crippen molar-refractivity contribution in [1.82, 2.24) is 5.32 Å². The van der Waals surface area contributed by atoms with Gasteiger partial charge in [-0.05, 0) is 24.1 Å². The fraction of sp³-hybridized carbons (Fsp3) is 0.467. The molecule has 2 atom stereocenters. The van der Waals surface area contributed by atoms with Crippen molar-refractivity contribution in [2.45, 2.75) is 12.5 Å². The van der Waals surface area contributed by atoms with Crippen LogP contribution in [0.15, 0.2) is 24.3 Å². The molecule has 1 aromatic carbocycles. The second-order valence-electron chi connectivity index (χ2n) is 5.08. The number of nitrogens with one attached hydrogen (secondary N) is 1. The number of ether oxygens (including phenoxy) is 1. The van der Waals surface area contributed by atoms with Crippen molar-refractivity contribution in [2.24, 2.45) is 5.92 Å². The molecule has 0 bridgehead atoms. The zero-order valence-electron chi connectivity index (χ0n) is 12.0. The van der Waals surface area contributed by atoms with Crippen molar-refractivity contribution in [3.05, 3.63) is 35.6 Å². The van der Waals surface area contributed by atoms with Gasteiger partial charge >= 0.3 is 5.97 Å². The number of aliphatic carboxylic acids is 1. The van der Waals surface area contributed by atoms with E-state index in [0.717, 1.165) is 23.7 Å². The maximum atomic E-state index is 13.0. The topological polar surface area (TPSA) is 75.6 Å². The summed E-state index contributed by atoms with van der Waals surface area (Å²) in [6, 6.07) is 6.19. The molecule has 1 aliphatic heterocycles. The third-order valence-corrected chi connectivity index (χ3v) is 4.35. The van der Waals surface area contributed by atoms with Gasteiger partial charge in [0.2, 0.25) is 5.91 Å². The first kappa shape index (κ1) is 16.8. The van der Waals surface area contributed by atoms with E-state index >= 15 is 0 Å². The summed E-state index contributed by atoms with van der Waals surface area (Å²) in [5.41, 5.74) is 0.901. The van der Waals surface area contributed by atoms with E-state index in [4.69, 9.17) is 9.84 Å². The molecule has 1 aromatic rings. The van der Waals surface area contributed by atoms with Crippen LogP contribution in [0.3, 0.4) is 0 Å². The first-order valence-corrected chi connectivity index (χ1v) is 8.15. The van der Waals surface area contributed by atoms with Crippen LogP contribution in [-0.4, -0.2) is 41.6 Å². The van der Waals surface area contributed by atoms with Gasteiger partial charge in [-0.2, -0.15) is 0 Å². The molecule has 5 nitrogen and oxygen atoms in total. The normalized spacial score (nSPS) is 20.8. The van der Waals surface area contributed by atoms with Crippen molar-refractivity contribution in [2.75, 3.05) is 24.7 Å². The summed E-state index contributed by atoms with van der Waals surface area (Å²) in [6.07, 6.45) is 0.678. The molecule has 1 aliphatic rings. The van der Waals surface area contributed by atoms with E-state index in [0.29, 0.717) is 13.2 Å². The Balaban J connectivity index is 1.80. The van der Waals surface area contributed by atoms with Crippen molar-refractivity contribution in [1.29, 1.82) is 0 Å². The van der Waals surface area contributed by atoms with Crippen LogP contribution >= 0.6 is 11.8 Å².